The van der Waals surface area contributed by atoms with Crippen LogP contribution in [0.3, 0.4) is 0 Å². The fourth-order valence-electron chi connectivity index (χ4n) is 2.64. The summed E-state index contributed by atoms with van der Waals surface area (Å²) in [6.07, 6.45) is 2.18. The van der Waals surface area contributed by atoms with Crippen molar-refractivity contribution in [2.75, 3.05) is 38.3 Å². The Morgan fingerprint density at radius 2 is 2.15 bits per heavy atom. The first-order valence-electron chi connectivity index (χ1n) is 7.35. The minimum Gasteiger partial charge on any atom is -0.372 e. The van der Waals surface area contributed by atoms with E-state index in [2.05, 4.69) is 29.2 Å². The largest absolute Gasteiger partial charge is 0.372 e. The van der Waals surface area contributed by atoms with E-state index in [0.717, 1.165) is 25.9 Å². The van der Waals surface area contributed by atoms with Crippen molar-refractivity contribution in [2.45, 2.75) is 25.8 Å². The Bertz CT molecular complexity index is 422. The van der Waals surface area contributed by atoms with Crippen LogP contribution < -0.4 is 4.90 Å². The van der Waals surface area contributed by atoms with Crippen molar-refractivity contribution in [2.24, 2.45) is 0 Å². The summed E-state index contributed by atoms with van der Waals surface area (Å²) < 4.78 is 5.21. The summed E-state index contributed by atoms with van der Waals surface area (Å²) in [5, 5.41) is 0. The van der Waals surface area contributed by atoms with E-state index in [-0.39, 0.29) is 18.6 Å². The van der Waals surface area contributed by atoms with Gasteiger partial charge in [0.1, 0.15) is 6.61 Å². The van der Waals surface area contributed by atoms with Crippen LogP contribution in [0.4, 0.5) is 5.69 Å². The molecule has 1 aromatic rings. The number of para-hydroxylation sites is 1. The molecule has 4 heteroatoms. The Morgan fingerprint density at radius 1 is 1.40 bits per heavy atom. The molecule has 110 valence electrons. The molecule has 0 bridgehead atoms. The van der Waals surface area contributed by atoms with E-state index in [1.165, 1.54) is 5.69 Å². The second-order valence-corrected chi connectivity index (χ2v) is 5.22. The van der Waals surface area contributed by atoms with E-state index >= 15 is 0 Å². The molecule has 1 atom stereocenters. The molecular weight excluding hydrogens is 252 g/mol. The lowest BCUT2D eigenvalue weighted by atomic mass is 10.0. The molecular formula is C16H24N2O2. The van der Waals surface area contributed by atoms with Crippen LogP contribution in [0.5, 0.6) is 0 Å². The van der Waals surface area contributed by atoms with Gasteiger partial charge in [-0.25, -0.2) is 0 Å². The minimum absolute atomic E-state index is 0.0757. The van der Waals surface area contributed by atoms with Gasteiger partial charge in [0, 0.05) is 38.5 Å². The van der Waals surface area contributed by atoms with Gasteiger partial charge >= 0.3 is 0 Å². The third-order valence-corrected chi connectivity index (χ3v) is 3.89. The number of carbonyl (C=O) groups excluding carboxylic acids is 1. The number of likely N-dealkylation sites (N-methyl/N-ethyl adjacent to an activating group) is 1. The van der Waals surface area contributed by atoms with Crippen LogP contribution in [0, 0.1) is 0 Å². The van der Waals surface area contributed by atoms with E-state index in [1.807, 2.05) is 24.9 Å². The predicted molar refractivity (Wildman–Crippen MR) is 80.9 cm³/mol. The summed E-state index contributed by atoms with van der Waals surface area (Å²) in [4.78, 5) is 16.2. The van der Waals surface area contributed by atoms with Crippen LogP contribution in [-0.2, 0) is 9.53 Å². The van der Waals surface area contributed by atoms with Gasteiger partial charge in [-0.2, -0.15) is 0 Å². The molecule has 2 rings (SSSR count). The van der Waals surface area contributed by atoms with Crippen molar-refractivity contribution in [1.29, 1.82) is 0 Å². The average molecular weight is 276 g/mol. The number of amides is 1. The summed E-state index contributed by atoms with van der Waals surface area (Å²) >= 11 is 0. The lowest BCUT2D eigenvalue weighted by Gasteiger charge is -2.38. The Balaban J connectivity index is 1.94. The predicted octanol–water partition coefficient (Wildman–Crippen LogP) is 2.15. The topological polar surface area (TPSA) is 32.8 Å². The molecule has 1 unspecified atom stereocenters. The van der Waals surface area contributed by atoms with E-state index in [9.17, 15) is 4.79 Å². The number of hydrogen-bond acceptors (Lipinski definition) is 3. The Labute approximate surface area is 121 Å². The number of benzene rings is 1. The Kier molecular flexibility index (Phi) is 5.41. The molecule has 1 saturated heterocycles. The fourth-order valence-corrected chi connectivity index (χ4v) is 2.64. The molecule has 1 heterocycles. The van der Waals surface area contributed by atoms with Crippen molar-refractivity contribution in [1.82, 2.24) is 4.90 Å². The second-order valence-electron chi connectivity index (χ2n) is 5.22. The van der Waals surface area contributed by atoms with Gasteiger partial charge in [0.05, 0.1) is 0 Å². The normalized spacial score (nSPS) is 18.9. The van der Waals surface area contributed by atoms with Gasteiger partial charge in [-0.15, -0.1) is 0 Å². The maximum Gasteiger partial charge on any atom is 0.248 e. The number of hydrogen-bond donors (Lipinski definition) is 0. The maximum atomic E-state index is 12.0. The first-order chi connectivity index (χ1) is 9.72. The molecule has 0 radical (unpaired) electrons. The highest BCUT2D eigenvalue weighted by Crippen LogP contribution is 2.21. The molecule has 0 spiro atoms. The number of ether oxygens (including phenoxy) is 1. The zero-order valence-corrected chi connectivity index (χ0v) is 12.4. The van der Waals surface area contributed by atoms with Crippen molar-refractivity contribution >= 4 is 11.6 Å². The summed E-state index contributed by atoms with van der Waals surface area (Å²) in [6.45, 7) is 4.65. The highest BCUT2D eigenvalue weighted by molar-refractivity contribution is 5.77. The van der Waals surface area contributed by atoms with Crippen molar-refractivity contribution < 1.29 is 9.53 Å². The zero-order chi connectivity index (χ0) is 14.4. The molecule has 1 aromatic carbocycles. The minimum atomic E-state index is 0.0757. The monoisotopic (exact) mass is 276 g/mol. The molecule has 0 aliphatic carbocycles. The molecule has 1 aliphatic heterocycles. The molecule has 0 aromatic heterocycles. The van der Waals surface area contributed by atoms with Gasteiger partial charge in [0.15, 0.2) is 0 Å². The number of carbonyl (C=O) groups is 1. The highest BCUT2D eigenvalue weighted by atomic mass is 16.5. The van der Waals surface area contributed by atoms with Crippen molar-refractivity contribution in [3.05, 3.63) is 30.3 Å². The summed E-state index contributed by atoms with van der Waals surface area (Å²) in [5.41, 5.74) is 1.24. The van der Waals surface area contributed by atoms with Crippen LogP contribution in [0.1, 0.15) is 19.8 Å². The van der Waals surface area contributed by atoms with Gasteiger partial charge < -0.3 is 14.5 Å². The van der Waals surface area contributed by atoms with Gasteiger partial charge in [0.2, 0.25) is 5.91 Å². The second kappa shape index (κ2) is 7.29. The number of piperidine rings is 1. The van der Waals surface area contributed by atoms with Crippen LogP contribution in [-0.4, -0.2) is 50.2 Å². The van der Waals surface area contributed by atoms with Gasteiger partial charge in [-0.1, -0.05) is 18.2 Å². The van der Waals surface area contributed by atoms with E-state index in [1.54, 1.807) is 0 Å². The molecule has 1 amide bonds. The third kappa shape index (κ3) is 3.73. The van der Waals surface area contributed by atoms with Crippen LogP contribution in [0.25, 0.3) is 0 Å². The molecule has 4 nitrogen and oxygen atoms in total. The average Bonchev–Trinajstić information content (AvgIpc) is 2.53. The summed E-state index contributed by atoms with van der Waals surface area (Å²) in [7, 11) is 1.89. The molecule has 1 aliphatic rings. The highest BCUT2D eigenvalue weighted by Gasteiger charge is 2.26. The first-order valence-corrected chi connectivity index (χ1v) is 7.35. The van der Waals surface area contributed by atoms with Gasteiger partial charge in [0.25, 0.3) is 0 Å². The zero-order valence-electron chi connectivity index (χ0n) is 12.4. The van der Waals surface area contributed by atoms with Crippen LogP contribution >= 0.6 is 0 Å². The van der Waals surface area contributed by atoms with E-state index in [0.29, 0.717) is 6.61 Å². The number of anilines is 1. The first kappa shape index (κ1) is 14.9. The molecule has 0 N–H and O–H groups in total. The van der Waals surface area contributed by atoms with Crippen LogP contribution in [0.2, 0.25) is 0 Å². The van der Waals surface area contributed by atoms with Gasteiger partial charge in [-0.3, -0.25) is 4.79 Å². The smallest absolute Gasteiger partial charge is 0.248 e. The maximum absolute atomic E-state index is 12.0. The number of rotatable bonds is 5. The lowest BCUT2D eigenvalue weighted by Crippen LogP contribution is -2.49. The van der Waals surface area contributed by atoms with Crippen molar-refractivity contribution in [3.63, 3.8) is 0 Å². The van der Waals surface area contributed by atoms with Crippen LogP contribution in [0.15, 0.2) is 30.3 Å². The molecule has 20 heavy (non-hydrogen) atoms. The summed E-state index contributed by atoms with van der Waals surface area (Å²) in [5.74, 6) is 0.0757. The van der Waals surface area contributed by atoms with Gasteiger partial charge in [-0.05, 0) is 31.9 Å². The fraction of sp³-hybridized carbons (Fsp3) is 0.562. The Morgan fingerprint density at radius 3 is 2.85 bits per heavy atom. The lowest BCUT2D eigenvalue weighted by molar-refractivity contribution is -0.136. The SMILES string of the molecule is CCOCC(=O)N(C)C1CCCN(c2ccccc2)C1. The Hall–Kier alpha value is -1.55. The van der Waals surface area contributed by atoms with E-state index < -0.39 is 0 Å². The number of nitrogens with zero attached hydrogens (tertiary/aromatic N) is 2. The standard InChI is InChI=1S/C16H24N2O2/c1-3-20-13-16(19)17(2)15-10-7-11-18(12-15)14-8-5-4-6-9-14/h4-6,8-9,15H,3,7,10-13H2,1-2H3. The van der Waals surface area contributed by atoms with E-state index in [4.69, 9.17) is 4.74 Å². The molecule has 1 fully saturated rings. The third-order valence-electron chi connectivity index (χ3n) is 3.89. The quantitative estimate of drug-likeness (QED) is 0.826. The molecule has 0 saturated carbocycles. The summed E-state index contributed by atoms with van der Waals surface area (Å²) in [6, 6.07) is 10.7. The van der Waals surface area contributed by atoms with Crippen molar-refractivity contribution in [3.8, 4) is 0 Å².